The van der Waals surface area contributed by atoms with Gasteiger partial charge in [-0.15, -0.1) is 0 Å². The van der Waals surface area contributed by atoms with E-state index < -0.39 is 5.60 Å². The summed E-state index contributed by atoms with van der Waals surface area (Å²) in [6.07, 6.45) is 2.80. The van der Waals surface area contributed by atoms with Gasteiger partial charge in [0, 0.05) is 6.61 Å². The average Bonchev–Trinajstić information content (AvgIpc) is 2.73. The van der Waals surface area contributed by atoms with Crippen molar-refractivity contribution in [3.8, 4) is 0 Å². The number of carbonyl (C=O) groups is 1. The van der Waals surface area contributed by atoms with Crippen LogP contribution in [0.15, 0.2) is 4.63 Å². The second kappa shape index (κ2) is 4.83. The van der Waals surface area contributed by atoms with Crippen LogP contribution in [0.2, 0.25) is 0 Å². The average molecular weight is 239 g/mol. The van der Waals surface area contributed by atoms with Gasteiger partial charge in [-0.1, -0.05) is 10.3 Å². The Balaban J connectivity index is 1.91. The molecule has 2 heterocycles. The molecule has 1 aromatic rings. The van der Waals surface area contributed by atoms with Gasteiger partial charge in [0.1, 0.15) is 17.0 Å². The largest absolute Gasteiger partial charge is 0.365 e. The number of amides is 1. The van der Waals surface area contributed by atoms with Crippen molar-refractivity contribution in [2.45, 2.75) is 45.3 Å². The maximum absolute atomic E-state index is 12.0. The molecule has 1 amide bonds. The summed E-state index contributed by atoms with van der Waals surface area (Å²) >= 11 is 0. The third-order valence-electron chi connectivity index (χ3n) is 3.11. The molecule has 1 aliphatic rings. The Bertz CT molecular complexity index is 396. The molecule has 17 heavy (non-hydrogen) atoms. The molecule has 0 spiro atoms. The smallest absolute Gasteiger partial charge is 0.252 e. The lowest BCUT2D eigenvalue weighted by Crippen LogP contribution is -2.48. The van der Waals surface area contributed by atoms with Crippen LogP contribution in [-0.4, -0.2) is 28.4 Å². The highest BCUT2D eigenvalue weighted by molar-refractivity contribution is 5.84. The Morgan fingerprint density at radius 2 is 2.29 bits per heavy atom. The van der Waals surface area contributed by atoms with Crippen LogP contribution >= 0.6 is 0 Å². The first-order valence-corrected chi connectivity index (χ1v) is 5.82. The fourth-order valence-electron chi connectivity index (χ4n) is 1.87. The highest BCUT2D eigenvalue weighted by atomic mass is 16.6. The van der Waals surface area contributed by atoms with Crippen molar-refractivity contribution >= 4 is 5.91 Å². The van der Waals surface area contributed by atoms with Gasteiger partial charge < -0.3 is 10.1 Å². The number of carbonyl (C=O) groups excluding carboxylic acids is 1. The summed E-state index contributed by atoms with van der Waals surface area (Å²) in [5, 5.41) is 10.2. The molecule has 1 aliphatic heterocycles. The molecule has 0 bridgehead atoms. The minimum atomic E-state index is -0.705. The molecule has 1 atom stereocenters. The number of rotatable bonds is 3. The zero-order chi connectivity index (χ0) is 12.3. The van der Waals surface area contributed by atoms with E-state index in [1.165, 1.54) is 0 Å². The quantitative estimate of drug-likeness (QED) is 0.849. The van der Waals surface area contributed by atoms with Crippen LogP contribution in [0.1, 0.15) is 37.6 Å². The van der Waals surface area contributed by atoms with Crippen molar-refractivity contribution in [3.05, 3.63) is 11.4 Å². The van der Waals surface area contributed by atoms with E-state index in [1.807, 2.05) is 6.92 Å². The molecular formula is C11H17N3O3. The number of aromatic nitrogens is 2. The summed E-state index contributed by atoms with van der Waals surface area (Å²) in [4.78, 5) is 12.0. The topological polar surface area (TPSA) is 77.3 Å². The minimum Gasteiger partial charge on any atom is -0.365 e. The zero-order valence-corrected chi connectivity index (χ0v) is 10.2. The van der Waals surface area contributed by atoms with Gasteiger partial charge in [0.15, 0.2) is 0 Å². The van der Waals surface area contributed by atoms with Gasteiger partial charge in [-0.2, -0.15) is 0 Å². The van der Waals surface area contributed by atoms with Gasteiger partial charge in [0.05, 0.1) is 6.54 Å². The number of nitrogens with one attached hydrogen (secondary N) is 1. The van der Waals surface area contributed by atoms with Crippen LogP contribution in [0, 0.1) is 6.92 Å². The molecule has 0 aromatic carbocycles. The molecule has 1 aromatic heterocycles. The number of ether oxygens (including phenoxy) is 1. The molecule has 1 fully saturated rings. The Morgan fingerprint density at radius 3 is 2.88 bits per heavy atom. The zero-order valence-electron chi connectivity index (χ0n) is 10.2. The van der Waals surface area contributed by atoms with Crippen molar-refractivity contribution in [1.29, 1.82) is 0 Å². The third-order valence-corrected chi connectivity index (χ3v) is 3.11. The SMILES string of the molecule is Cc1nonc1CNC(=O)[C@]1(C)CCCCO1. The summed E-state index contributed by atoms with van der Waals surface area (Å²) in [5.41, 5.74) is 0.640. The number of hydrogen-bond donors (Lipinski definition) is 1. The van der Waals surface area contributed by atoms with E-state index in [-0.39, 0.29) is 5.91 Å². The van der Waals surface area contributed by atoms with Gasteiger partial charge in [0.25, 0.3) is 5.91 Å². The van der Waals surface area contributed by atoms with E-state index in [0.29, 0.717) is 24.5 Å². The Morgan fingerprint density at radius 1 is 1.47 bits per heavy atom. The van der Waals surface area contributed by atoms with Crippen molar-refractivity contribution in [2.24, 2.45) is 0 Å². The Kier molecular flexibility index (Phi) is 3.42. The highest BCUT2D eigenvalue weighted by Gasteiger charge is 2.35. The van der Waals surface area contributed by atoms with Crippen LogP contribution in [0.4, 0.5) is 0 Å². The summed E-state index contributed by atoms with van der Waals surface area (Å²) in [7, 11) is 0. The second-order valence-electron chi connectivity index (χ2n) is 4.52. The van der Waals surface area contributed by atoms with Crippen molar-refractivity contribution in [2.75, 3.05) is 6.61 Å². The predicted molar refractivity (Wildman–Crippen MR) is 59.1 cm³/mol. The Labute approximate surface area is 99.7 Å². The predicted octanol–water partition coefficient (Wildman–Crippen LogP) is 0.953. The van der Waals surface area contributed by atoms with Crippen LogP contribution in [-0.2, 0) is 16.1 Å². The number of nitrogens with zero attached hydrogens (tertiary/aromatic N) is 2. The van der Waals surface area contributed by atoms with Crippen molar-refractivity contribution in [1.82, 2.24) is 15.6 Å². The molecule has 0 radical (unpaired) electrons. The van der Waals surface area contributed by atoms with E-state index in [4.69, 9.17) is 4.74 Å². The lowest BCUT2D eigenvalue weighted by Gasteiger charge is -2.32. The monoisotopic (exact) mass is 239 g/mol. The van der Waals surface area contributed by atoms with Crippen molar-refractivity contribution < 1.29 is 14.2 Å². The van der Waals surface area contributed by atoms with Gasteiger partial charge in [-0.05, 0) is 33.1 Å². The summed E-state index contributed by atoms with van der Waals surface area (Å²) in [5.74, 6) is -0.0976. The molecule has 94 valence electrons. The molecule has 0 saturated carbocycles. The van der Waals surface area contributed by atoms with Crippen LogP contribution in [0.5, 0.6) is 0 Å². The normalized spacial score (nSPS) is 24.6. The molecule has 0 unspecified atom stereocenters. The van der Waals surface area contributed by atoms with Crippen LogP contribution < -0.4 is 5.32 Å². The fourth-order valence-corrected chi connectivity index (χ4v) is 1.87. The molecule has 6 nitrogen and oxygen atoms in total. The first-order valence-electron chi connectivity index (χ1n) is 5.82. The van der Waals surface area contributed by atoms with E-state index in [2.05, 4.69) is 20.3 Å². The molecular weight excluding hydrogens is 222 g/mol. The van der Waals surface area contributed by atoms with E-state index in [9.17, 15) is 4.79 Å². The van der Waals surface area contributed by atoms with Gasteiger partial charge in [0.2, 0.25) is 0 Å². The van der Waals surface area contributed by atoms with Crippen molar-refractivity contribution in [3.63, 3.8) is 0 Å². The summed E-state index contributed by atoms with van der Waals surface area (Å²) < 4.78 is 10.1. The summed E-state index contributed by atoms with van der Waals surface area (Å²) in [6.45, 7) is 4.59. The fraction of sp³-hybridized carbons (Fsp3) is 0.727. The van der Waals surface area contributed by atoms with Gasteiger partial charge in [-0.25, -0.2) is 4.63 Å². The van der Waals surface area contributed by atoms with E-state index in [1.54, 1.807) is 6.92 Å². The Hall–Kier alpha value is -1.43. The minimum absolute atomic E-state index is 0.0976. The van der Waals surface area contributed by atoms with Crippen LogP contribution in [0.3, 0.4) is 0 Å². The molecule has 0 aliphatic carbocycles. The van der Waals surface area contributed by atoms with Gasteiger partial charge in [-0.3, -0.25) is 4.79 Å². The van der Waals surface area contributed by atoms with E-state index in [0.717, 1.165) is 19.3 Å². The number of hydrogen-bond acceptors (Lipinski definition) is 5. The molecule has 1 saturated heterocycles. The third kappa shape index (κ3) is 2.63. The maximum atomic E-state index is 12.0. The van der Waals surface area contributed by atoms with Crippen LogP contribution in [0.25, 0.3) is 0 Å². The molecule has 1 N–H and O–H groups in total. The number of aryl methyl sites for hydroxylation is 1. The molecule has 6 heteroatoms. The second-order valence-corrected chi connectivity index (χ2v) is 4.52. The highest BCUT2D eigenvalue weighted by Crippen LogP contribution is 2.24. The summed E-state index contributed by atoms with van der Waals surface area (Å²) in [6, 6.07) is 0. The maximum Gasteiger partial charge on any atom is 0.252 e. The standard InChI is InChI=1S/C11H17N3O3/c1-8-9(14-17-13-8)7-12-10(15)11(2)5-3-4-6-16-11/h3-7H2,1-2H3,(H,12,15)/t11-/m0/s1. The lowest BCUT2D eigenvalue weighted by atomic mass is 9.95. The van der Waals surface area contributed by atoms with Gasteiger partial charge >= 0.3 is 0 Å². The first-order chi connectivity index (χ1) is 8.12. The molecule has 2 rings (SSSR count). The lowest BCUT2D eigenvalue weighted by molar-refractivity contribution is -0.150. The first kappa shape index (κ1) is 12.0. The van der Waals surface area contributed by atoms with E-state index >= 15 is 0 Å².